The number of rotatable bonds is 8. The highest BCUT2D eigenvalue weighted by molar-refractivity contribution is 6.30. The molecule has 8 nitrogen and oxygen atoms in total. The molecule has 0 bridgehead atoms. The fourth-order valence-corrected chi connectivity index (χ4v) is 6.71. The SMILES string of the molecule is CCOc1ccc(C2=NC(c3ccc(Cl)cc3)C(c3ccc(Cl)cc3)N2C(=O)N2CCN(N3CCCC3)CC2)c(OC(C)C)c1. The van der Waals surface area contributed by atoms with E-state index in [9.17, 15) is 4.79 Å². The standard InChI is InChI=1S/C35H41Cl2N5O3/c1-4-44-29-15-16-30(31(23-29)45-24(2)3)34-38-32(25-7-11-27(36)12-8-25)33(26-9-13-28(37)14-10-26)42(34)35(43)39-19-21-41(22-20-39)40-17-5-6-18-40/h7-16,23-24,32-33H,4-6,17-22H2,1-3H3. The van der Waals surface area contributed by atoms with Gasteiger partial charge in [0.15, 0.2) is 0 Å². The van der Waals surface area contributed by atoms with E-state index in [4.69, 9.17) is 37.7 Å². The Hall–Kier alpha value is -3.30. The molecule has 0 N–H and O–H groups in total. The third kappa shape index (κ3) is 6.94. The number of halogens is 2. The van der Waals surface area contributed by atoms with Crippen LogP contribution in [0.4, 0.5) is 4.79 Å². The maximum Gasteiger partial charge on any atom is 0.326 e. The molecule has 2 atom stereocenters. The second-order valence-electron chi connectivity index (χ2n) is 12.0. The molecular weight excluding hydrogens is 609 g/mol. The number of hydrogen-bond acceptors (Lipinski definition) is 6. The predicted molar refractivity (Wildman–Crippen MR) is 179 cm³/mol. The van der Waals surface area contributed by atoms with Crippen LogP contribution in [0.3, 0.4) is 0 Å². The van der Waals surface area contributed by atoms with E-state index in [1.807, 2.05) is 97.3 Å². The van der Waals surface area contributed by atoms with Gasteiger partial charge in [0.25, 0.3) is 0 Å². The highest BCUT2D eigenvalue weighted by Gasteiger charge is 2.45. The van der Waals surface area contributed by atoms with Gasteiger partial charge in [-0.15, -0.1) is 0 Å². The topological polar surface area (TPSA) is 60.9 Å². The van der Waals surface area contributed by atoms with Gasteiger partial charge in [-0.25, -0.2) is 14.8 Å². The Morgan fingerprint density at radius 1 is 0.844 bits per heavy atom. The van der Waals surface area contributed by atoms with Gasteiger partial charge >= 0.3 is 6.03 Å². The van der Waals surface area contributed by atoms with Crippen LogP contribution < -0.4 is 9.47 Å². The van der Waals surface area contributed by atoms with Crippen LogP contribution in [0.25, 0.3) is 0 Å². The van der Waals surface area contributed by atoms with Gasteiger partial charge < -0.3 is 14.4 Å². The number of nitrogens with zero attached hydrogens (tertiary/aromatic N) is 5. The summed E-state index contributed by atoms with van der Waals surface area (Å²) in [4.78, 5) is 24.0. The number of carbonyl (C=O) groups excluding carboxylic acids is 1. The molecule has 2 unspecified atom stereocenters. The average molecular weight is 651 g/mol. The lowest BCUT2D eigenvalue weighted by atomic mass is 9.93. The Bertz CT molecular complexity index is 1500. The summed E-state index contributed by atoms with van der Waals surface area (Å²) >= 11 is 12.6. The molecule has 0 aromatic heterocycles. The Morgan fingerprint density at radius 2 is 1.44 bits per heavy atom. The number of aliphatic imine (C=N–C) groups is 1. The Labute approximate surface area is 276 Å². The van der Waals surface area contributed by atoms with Gasteiger partial charge in [-0.05, 0) is 81.1 Å². The van der Waals surface area contributed by atoms with Crippen LogP contribution in [0.5, 0.6) is 11.5 Å². The van der Waals surface area contributed by atoms with Crippen LogP contribution in [-0.4, -0.2) is 83.7 Å². The lowest BCUT2D eigenvalue weighted by Gasteiger charge is -2.41. The number of ether oxygens (including phenoxy) is 2. The van der Waals surface area contributed by atoms with E-state index < -0.39 is 6.04 Å². The zero-order valence-electron chi connectivity index (χ0n) is 26.2. The summed E-state index contributed by atoms with van der Waals surface area (Å²) in [6, 6.07) is 20.3. The number of carbonyl (C=O) groups is 1. The summed E-state index contributed by atoms with van der Waals surface area (Å²) in [5.74, 6) is 1.90. The van der Waals surface area contributed by atoms with Crippen LogP contribution in [0.1, 0.15) is 62.4 Å². The monoisotopic (exact) mass is 649 g/mol. The van der Waals surface area contributed by atoms with Gasteiger partial charge in [0, 0.05) is 55.4 Å². The first-order chi connectivity index (χ1) is 21.8. The molecular formula is C35H41Cl2N5O3. The largest absolute Gasteiger partial charge is 0.494 e. The first-order valence-electron chi connectivity index (χ1n) is 15.9. The van der Waals surface area contributed by atoms with Crippen LogP contribution >= 0.6 is 23.2 Å². The molecule has 2 amide bonds. The smallest absolute Gasteiger partial charge is 0.326 e. The van der Waals surface area contributed by atoms with E-state index in [2.05, 4.69) is 10.0 Å². The minimum atomic E-state index is -0.416. The third-order valence-corrected chi connectivity index (χ3v) is 9.08. The molecule has 3 aromatic rings. The molecule has 3 aliphatic heterocycles. The van der Waals surface area contributed by atoms with E-state index in [0.717, 1.165) is 42.9 Å². The minimum Gasteiger partial charge on any atom is -0.494 e. The van der Waals surface area contributed by atoms with Crippen LogP contribution in [0.2, 0.25) is 10.0 Å². The van der Waals surface area contributed by atoms with Crippen molar-refractivity contribution in [1.82, 2.24) is 19.8 Å². The number of benzene rings is 3. The summed E-state index contributed by atoms with van der Waals surface area (Å²) in [6.45, 7) is 11.5. The van der Waals surface area contributed by atoms with Gasteiger partial charge in [-0.2, -0.15) is 0 Å². The molecule has 45 heavy (non-hydrogen) atoms. The van der Waals surface area contributed by atoms with Crippen molar-refractivity contribution in [3.63, 3.8) is 0 Å². The van der Waals surface area contributed by atoms with Crippen LogP contribution in [-0.2, 0) is 0 Å². The maximum atomic E-state index is 14.8. The first kappa shape index (κ1) is 31.7. The molecule has 6 rings (SSSR count). The van der Waals surface area contributed by atoms with Crippen LogP contribution in [0.15, 0.2) is 71.7 Å². The normalized spacial score (nSPS) is 21.0. The van der Waals surface area contributed by atoms with Crippen molar-refractivity contribution >= 4 is 35.1 Å². The van der Waals surface area contributed by atoms with Crippen molar-refractivity contribution in [2.45, 2.75) is 51.8 Å². The number of hydrogen-bond donors (Lipinski definition) is 0. The quantitative estimate of drug-likeness (QED) is 0.253. The molecule has 0 aliphatic carbocycles. The fourth-order valence-electron chi connectivity index (χ4n) is 6.46. The number of amidine groups is 1. The van der Waals surface area contributed by atoms with Gasteiger partial charge in [0.1, 0.15) is 23.4 Å². The first-order valence-corrected chi connectivity index (χ1v) is 16.7. The van der Waals surface area contributed by atoms with Gasteiger partial charge in [0.2, 0.25) is 0 Å². The van der Waals surface area contributed by atoms with Crippen molar-refractivity contribution in [2.24, 2.45) is 4.99 Å². The molecule has 3 aromatic carbocycles. The number of piperazine rings is 1. The molecule has 238 valence electrons. The third-order valence-electron chi connectivity index (χ3n) is 8.57. The Kier molecular flexibility index (Phi) is 9.85. The predicted octanol–water partition coefficient (Wildman–Crippen LogP) is 7.47. The van der Waals surface area contributed by atoms with Crippen molar-refractivity contribution in [3.05, 3.63) is 93.5 Å². The number of urea groups is 1. The minimum absolute atomic E-state index is 0.0735. The zero-order chi connectivity index (χ0) is 31.5. The summed E-state index contributed by atoms with van der Waals surface area (Å²) in [5, 5.41) is 6.12. The molecule has 0 radical (unpaired) electrons. The van der Waals surface area contributed by atoms with Crippen molar-refractivity contribution < 1.29 is 14.3 Å². The van der Waals surface area contributed by atoms with Crippen molar-refractivity contribution in [1.29, 1.82) is 0 Å². The fraction of sp³-hybridized carbons (Fsp3) is 0.429. The molecule has 2 saturated heterocycles. The summed E-state index contributed by atoms with van der Waals surface area (Å²) < 4.78 is 12.2. The highest BCUT2D eigenvalue weighted by Crippen LogP contribution is 2.46. The number of hydrazine groups is 1. The molecule has 3 aliphatic rings. The van der Waals surface area contributed by atoms with E-state index in [1.54, 1.807) is 0 Å². The zero-order valence-corrected chi connectivity index (χ0v) is 27.7. The van der Waals surface area contributed by atoms with Gasteiger partial charge in [-0.1, -0.05) is 47.5 Å². The van der Waals surface area contributed by atoms with Crippen molar-refractivity contribution in [3.8, 4) is 11.5 Å². The lowest BCUT2D eigenvalue weighted by Crippen LogP contribution is -2.57. The van der Waals surface area contributed by atoms with E-state index in [0.29, 0.717) is 47.1 Å². The summed E-state index contributed by atoms with van der Waals surface area (Å²) in [7, 11) is 0. The van der Waals surface area contributed by atoms with Gasteiger partial charge in [-0.3, -0.25) is 9.89 Å². The molecule has 10 heteroatoms. The summed E-state index contributed by atoms with van der Waals surface area (Å²) in [6.07, 6.45) is 2.36. The molecule has 2 fully saturated rings. The molecule has 0 saturated carbocycles. The summed E-state index contributed by atoms with van der Waals surface area (Å²) in [5.41, 5.74) is 2.65. The van der Waals surface area contributed by atoms with E-state index in [1.165, 1.54) is 12.8 Å². The second kappa shape index (κ2) is 14.0. The van der Waals surface area contributed by atoms with E-state index >= 15 is 0 Å². The molecule has 3 heterocycles. The van der Waals surface area contributed by atoms with E-state index in [-0.39, 0.29) is 18.2 Å². The maximum absolute atomic E-state index is 14.8. The second-order valence-corrected chi connectivity index (χ2v) is 12.8. The van der Waals surface area contributed by atoms with Crippen molar-refractivity contribution in [2.75, 3.05) is 45.9 Å². The number of amides is 2. The lowest BCUT2D eigenvalue weighted by molar-refractivity contribution is -0.0341. The Balaban J connectivity index is 1.44. The Morgan fingerprint density at radius 3 is 2.04 bits per heavy atom. The van der Waals surface area contributed by atoms with Crippen LogP contribution in [0, 0.1) is 0 Å². The average Bonchev–Trinajstić information content (AvgIpc) is 3.71. The van der Waals surface area contributed by atoms with Gasteiger partial charge in [0.05, 0.1) is 24.3 Å². The highest BCUT2D eigenvalue weighted by atomic mass is 35.5. The molecule has 0 spiro atoms.